The Hall–Kier alpha value is -6.90. The molecule has 0 aliphatic heterocycles. The number of carbonyl (C=O) groups is 6. The lowest BCUT2D eigenvalue weighted by molar-refractivity contribution is -0.127. The maximum atomic E-state index is 13.3. The topological polar surface area (TPSA) is 200 Å². The number of para-hydroxylation sites is 2. The van der Waals surface area contributed by atoms with E-state index in [4.69, 9.17) is 23.2 Å². The fourth-order valence-corrected chi connectivity index (χ4v) is 5.85. The fraction of sp³-hybridized carbons (Fsp3) is 0.143. The van der Waals surface area contributed by atoms with Crippen molar-refractivity contribution in [2.75, 3.05) is 21.3 Å². The summed E-state index contributed by atoms with van der Waals surface area (Å²) in [6.07, 6.45) is 0. The lowest BCUT2D eigenvalue weighted by atomic mass is 10.0. The van der Waals surface area contributed by atoms with Crippen LogP contribution in [0.25, 0.3) is 0 Å². The van der Waals surface area contributed by atoms with Crippen molar-refractivity contribution in [1.82, 2.24) is 0 Å². The summed E-state index contributed by atoms with van der Waals surface area (Å²) in [5, 5.41) is 26.8. The van der Waals surface area contributed by atoms with Crippen LogP contribution >= 0.6 is 23.2 Å². The van der Waals surface area contributed by atoms with Crippen LogP contribution in [0.15, 0.2) is 130 Å². The summed E-state index contributed by atoms with van der Waals surface area (Å²) in [4.78, 5) is 77.5. The van der Waals surface area contributed by atoms with Gasteiger partial charge in [-0.25, -0.2) is 0 Å². The molecule has 2 atom stereocenters. The molecule has 0 saturated carbocycles. The highest BCUT2D eigenvalue weighted by molar-refractivity contribution is 6.37. The number of Topliss-reactive ketones (excluding diaryl/α,β-unsaturated/α-hetero) is 2. The Bertz CT molecular complexity index is 2290. The van der Waals surface area contributed by atoms with Crippen molar-refractivity contribution in [1.29, 1.82) is 0 Å². The van der Waals surface area contributed by atoms with Crippen LogP contribution in [-0.2, 0) is 19.2 Å². The number of ketones is 2. The van der Waals surface area contributed by atoms with Crippen molar-refractivity contribution in [3.05, 3.63) is 141 Å². The van der Waals surface area contributed by atoms with Gasteiger partial charge in [0.1, 0.15) is 11.4 Å². The second kappa shape index (κ2) is 19.3. The monoisotopic (exact) mass is 818 g/mol. The molecule has 4 amide bonds. The second-order valence-corrected chi connectivity index (χ2v) is 13.5. The van der Waals surface area contributed by atoms with E-state index in [0.717, 1.165) is 0 Å². The van der Waals surface area contributed by atoms with Gasteiger partial charge in [0.25, 0.3) is 23.6 Å². The highest BCUT2D eigenvalue weighted by atomic mass is 35.5. The molecule has 0 heterocycles. The Morgan fingerprint density at radius 3 is 1.19 bits per heavy atom. The standard InChI is InChI=1S/C42H36Cl2N8O6/c1-23-24(2)32(48-42(58)38(26(4)54)52-50-34-20-12-18-30(36(34)44)40(56)46-28-15-9-6-10-16-28)22-21-31(23)47-41(57)37(25(3)53)51-49-33-19-11-17-29(35(33)43)39(55)45-27-13-7-5-8-14-27/h5-22,37-38H,1-4H3,(H,45,55)(H,46,56)(H,47,57)(H,48,58). The third-order valence-corrected chi connectivity index (χ3v) is 9.44. The number of nitrogens with one attached hydrogen (secondary N) is 4. The first-order chi connectivity index (χ1) is 27.7. The van der Waals surface area contributed by atoms with E-state index in [-0.39, 0.29) is 32.5 Å². The molecule has 0 bridgehead atoms. The highest BCUT2D eigenvalue weighted by Gasteiger charge is 2.27. The van der Waals surface area contributed by atoms with Crippen molar-refractivity contribution < 1.29 is 28.8 Å². The van der Waals surface area contributed by atoms with E-state index >= 15 is 0 Å². The minimum atomic E-state index is -1.56. The van der Waals surface area contributed by atoms with Gasteiger partial charge in [-0.05, 0) is 99.5 Å². The first-order valence-corrected chi connectivity index (χ1v) is 18.3. The van der Waals surface area contributed by atoms with Gasteiger partial charge >= 0.3 is 0 Å². The third kappa shape index (κ3) is 10.5. The quantitative estimate of drug-likeness (QED) is 0.0635. The Kier molecular flexibility index (Phi) is 14.1. The van der Waals surface area contributed by atoms with Gasteiger partial charge in [-0.1, -0.05) is 71.7 Å². The van der Waals surface area contributed by atoms with Crippen LogP contribution in [0.2, 0.25) is 10.0 Å². The molecule has 5 aromatic carbocycles. The predicted octanol–water partition coefficient (Wildman–Crippen LogP) is 9.47. The molecule has 0 aliphatic carbocycles. The fourth-order valence-electron chi connectivity index (χ4n) is 5.35. The highest BCUT2D eigenvalue weighted by Crippen LogP contribution is 2.32. The van der Waals surface area contributed by atoms with Crippen LogP contribution in [0.4, 0.5) is 34.1 Å². The number of azo groups is 2. The van der Waals surface area contributed by atoms with Crippen LogP contribution in [-0.4, -0.2) is 47.3 Å². The average molecular weight is 820 g/mol. The molecule has 0 aliphatic rings. The Balaban J connectivity index is 1.26. The molecule has 0 aromatic heterocycles. The van der Waals surface area contributed by atoms with Gasteiger partial charge in [0, 0.05) is 22.7 Å². The largest absolute Gasteiger partial charge is 0.324 e. The molecular formula is C42H36Cl2N8O6. The number of amides is 4. The minimum Gasteiger partial charge on any atom is -0.324 e. The van der Waals surface area contributed by atoms with Gasteiger partial charge < -0.3 is 21.3 Å². The molecule has 5 aromatic rings. The summed E-state index contributed by atoms with van der Waals surface area (Å²) in [6, 6.07) is 26.5. The Morgan fingerprint density at radius 2 is 0.845 bits per heavy atom. The van der Waals surface area contributed by atoms with E-state index in [1.54, 1.807) is 74.5 Å². The molecular weight excluding hydrogens is 783 g/mol. The average Bonchev–Trinajstić information content (AvgIpc) is 3.19. The van der Waals surface area contributed by atoms with E-state index in [0.29, 0.717) is 33.9 Å². The van der Waals surface area contributed by atoms with E-state index in [9.17, 15) is 28.8 Å². The molecule has 0 saturated heterocycles. The van der Waals surface area contributed by atoms with Gasteiger partial charge in [0.15, 0.2) is 11.6 Å². The normalized spacial score (nSPS) is 12.1. The first-order valence-electron chi connectivity index (χ1n) is 17.6. The molecule has 2 unspecified atom stereocenters. The van der Waals surface area contributed by atoms with Crippen molar-refractivity contribution in [2.24, 2.45) is 20.5 Å². The first kappa shape index (κ1) is 42.2. The Morgan fingerprint density at radius 1 is 0.483 bits per heavy atom. The molecule has 5 rings (SSSR count). The molecule has 0 radical (unpaired) electrons. The van der Waals surface area contributed by atoms with Crippen LogP contribution in [0.5, 0.6) is 0 Å². The van der Waals surface area contributed by atoms with Gasteiger partial charge in [-0.2, -0.15) is 20.5 Å². The lowest BCUT2D eigenvalue weighted by Crippen LogP contribution is -2.33. The summed E-state index contributed by atoms with van der Waals surface area (Å²) in [6.45, 7) is 5.73. The van der Waals surface area contributed by atoms with E-state index in [1.807, 2.05) is 12.1 Å². The van der Waals surface area contributed by atoms with Crippen molar-refractivity contribution in [2.45, 2.75) is 39.8 Å². The van der Waals surface area contributed by atoms with Gasteiger partial charge in [0.2, 0.25) is 12.1 Å². The smallest absolute Gasteiger partial charge is 0.258 e. The summed E-state index contributed by atoms with van der Waals surface area (Å²) in [5.74, 6) is -3.77. The maximum Gasteiger partial charge on any atom is 0.258 e. The number of hydrogen-bond acceptors (Lipinski definition) is 10. The van der Waals surface area contributed by atoms with Crippen LogP contribution < -0.4 is 21.3 Å². The van der Waals surface area contributed by atoms with E-state index < -0.39 is 47.3 Å². The molecule has 294 valence electrons. The third-order valence-electron chi connectivity index (χ3n) is 8.64. The van der Waals surface area contributed by atoms with Crippen LogP contribution in [0.3, 0.4) is 0 Å². The van der Waals surface area contributed by atoms with Gasteiger partial charge in [0.05, 0.1) is 21.2 Å². The Labute approximate surface area is 343 Å². The number of hydrogen-bond donors (Lipinski definition) is 4. The zero-order valence-corrected chi connectivity index (χ0v) is 33.1. The molecule has 58 heavy (non-hydrogen) atoms. The number of benzene rings is 5. The van der Waals surface area contributed by atoms with Gasteiger partial charge in [-0.15, -0.1) is 0 Å². The van der Waals surface area contributed by atoms with Crippen LogP contribution in [0.1, 0.15) is 45.7 Å². The van der Waals surface area contributed by atoms with Crippen molar-refractivity contribution in [3.63, 3.8) is 0 Å². The predicted molar refractivity (Wildman–Crippen MR) is 223 cm³/mol. The number of anilines is 4. The number of nitrogens with zero attached hydrogens (tertiary/aromatic N) is 4. The van der Waals surface area contributed by atoms with Crippen molar-refractivity contribution >= 4 is 92.5 Å². The maximum absolute atomic E-state index is 13.3. The minimum absolute atomic E-state index is 0.0263. The lowest BCUT2D eigenvalue weighted by Gasteiger charge is -2.17. The van der Waals surface area contributed by atoms with Gasteiger partial charge in [-0.3, -0.25) is 28.8 Å². The number of carbonyl (C=O) groups excluding carboxylic acids is 6. The van der Waals surface area contributed by atoms with Crippen molar-refractivity contribution in [3.8, 4) is 0 Å². The summed E-state index contributed by atoms with van der Waals surface area (Å²) in [5.41, 5.74) is 3.17. The summed E-state index contributed by atoms with van der Waals surface area (Å²) < 4.78 is 0. The molecule has 4 N–H and O–H groups in total. The molecule has 0 fully saturated rings. The zero-order chi connectivity index (χ0) is 41.9. The molecule has 16 heteroatoms. The second-order valence-electron chi connectivity index (χ2n) is 12.8. The molecule has 14 nitrogen and oxygen atoms in total. The summed E-state index contributed by atoms with van der Waals surface area (Å²) in [7, 11) is 0. The summed E-state index contributed by atoms with van der Waals surface area (Å²) >= 11 is 13.0. The van der Waals surface area contributed by atoms with Crippen LogP contribution in [0, 0.1) is 13.8 Å². The zero-order valence-electron chi connectivity index (χ0n) is 31.5. The SMILES string of the molecule is CC(=O)C(N=Nc1cccc(C(=O)Nc2ccccc2)c1Cl)C(=O)Nc1ccc(NC(=O)C(N=Nc2cccc(C(=O)Nc3ccccc3)c2Cl)C(C)=O)c(C)c1C. The number of rotatable bonds is 14. The number of halogens is 2. The van der Waals surface area contributed by atoms with E-state index in [2.05, 4.69) is 41.7 Å². The van der Waals surface area contributed by atoms with E-state index in [1.165, 1.54) is 50.2 Å². The molecule has 0 spiro atoms.